The van der Waals surface area contributed by atoms with Crippen molar-refractivity contribution in [3.63, 3.8) is 0 Å². The fourth-order valence-electron chi connectivity index (χ4n) is 1.32. The molecule has 0 saturated carbocycles. The maximum absolute atomic E-state index is 11.9. The summed E-state index contributed by atoms with van der Waals surface area (Å²) in [5.41, 5.74) is 1.87. The third-order valence-corrected chi connectivity index (χ3v) is 2.09. The molecule has 2 rings (SSSR count). The van der Waals surface area contributed by atoms with Crippen molar-refractivity contribution in [2.45, 2.75) is 13.8 Å². The first-order valence-electron chi connectivity index (χ1n) is 4.57. The van der Waals surface area contributed by atoms with E-state index in [9.17, 15) is 4.79 Å². The average molecular weight is 202 g/mol. The molecule has 4 heteroatoms. The van der Waals surface area contributed by atoms with Crippen LogP contribution in [0.25, 0.3) is 0 Å². The van der Waals surface area contributed by atoms with Gasteiger partial charge in [-0.15, -0.1) is 0 Å². The molecule has 0 saturated heterocycles. The summed E-state index contributed by atoms with van der Waals surface area (Å²) >= 11 is 0. The molecule has 2 heterocycles. The molecular formula is C11H10N2O2. The van der Waals surface area contributed by atoms with E-state index in [1.807, 2.05) is 0 Å². The molecule has 0 aliphatic heterocycles. The van der Waals surface area contributed by atoms with Gasteiger partial charge in [0.15, 0.2) is 5.76 Å². The monoisotopic (exact) mass is 202 g/mol. The van der Waals surface area contributed by atoms with Crippen LogP contribution >= 0.6 is 0 Å². The van der Waals surface area contributed by atoms with Crippen molar-refractivity contribution in [1.29, 1.82) is 0 Å². The van der Waals surface area contributed by atoms with E-state index in [4.69, 9.17) is 4.42 Å². The van der Waals surface area contributed by atoms with Gasteiger partial charge in [-0.1, -0.05) is 0 Å². The predicted molar refractivity (Wildman–Crippen MR) is 53.6 cm³/mol. The molecule has 0 bridgehead atoms. The van der Waals surface area contributed by atoms with E-state index in [0.29, 0.717) is 17.0 Å². The highest BCUT2D eigenvalue weighted by atomic mass is 16.3. The van der Waals surface area contributed by atoms with Gasteiger partial charge in [-0.25, -0.2) is 0 Å². The van der Waals surface area contributed by atoms with E-state index in [1.165, 1.54) is 6.26 Å². The first kappa shape index (κ1) is 9.58. The van der Waals surface area contributed by atoms with Crippen LogP contribution in [0.1, 0.15) is 27.5 Å². The molecule has 0 fully saturated rings. The molecule has 0 aromatic carbocycles. The second kappa shape index (κ2) is 3.65. The summed E-state index contributed by atoms with van der Waals surface area (Å²) in [6.45, 7) is 3.55. The molecular weight excluding hydrogens is 192 g/mol. The molecule has 76 valence electrons. The Morgan fingerprint density at radius 2 is 2.13 bits per heavy atom. The maximum atomic E-state index is 11.9. The van der Waals surface area contributed by atoms with Gasteiger partial charge in [-0.2, -0.15) is 10.2 Å². The Balaban J connectivity index is 2.46. The molecule has 0 unspecified atom stereocenters. The summed E-state index contributed by atoms with van der Waals surface area (Å²) in [7, 11) is 0. The standard InChI is InChI=1S/C11H10N2O2/c1-7-6-9(8(2)13-12-7)11(14)10-4-3-5-15-10/h3-6H,1-2H3. The number of hydrogen-bond donors (Lipinski definition) is 0. The van der Waals surface area contributed by atoms with Gasteiger partial charge in [-0.05, 0) is 32.0 Å². The fourth-order valence-corrected chi connectivity index (χ4v) is 1.32. The zero-order valence-corrected chi connectivity index (χ0v) is 8.52. The molecule has 2 aromatic rings. The Morgan fingerprint density at radius 1 is 1.33 bits per heavy atom. The van der Waals surface area contributed by atoms with Crippen LogP contribution in [0.3, 0.4) is 0 Å². The van der Waals surface area contributed by atoms with Crippen molar-refractivity contribution >= 4 is 5.78 Å². The lowest BCUT2D eigenvalue weighted by Crippen LogP contribution is -2.06. The fraction of sp³-hybridized carbons (Fsp3) is 0.182. The Bertz CT molecular complexity index is 489. The SMILES string of the molecule is Cc1cc(C(=O)c2ccco2)c(C)nn1. The molecule has 0 atom stereocenters. The summed E-state index contributed by atoms with van der Waals surface area (Å²) in [5, 5.41) is 7.77. The summed E-state index contributed by atoms with van der Waals surface area (Å²) in [4.78, 5) is 11.9. The first-order chi connectivity index (χ1) is 7.18. The van der Waals surface area contributed by atoms with E-state index in [0.717, 1.165) is 5.69 Å². The molecule has 15 heavy (non-hydrogen) atoms. The second-order valence-electron chi connectivity index (χ2n) is 3.29. The van der Waals surface area contributed by atoms with Gasteiger partial charge in [0.05, 0.1) is 23.2 Å². The number of aromatic nitrogens is 2. The van der Waals surface area contributed by atoms with Crippen LogP contribution < -0.4 is 0 Å². The molecule has 4 nitrogen and oxygen atoms in total. The van der Waals surface area contributed by atoms with Gasteiger partial charge >= 0.3 is 0 Å². The van der Waals surface area contributed by atoms with Gasteiger partial charge in [-0.3, -0.25) is 4.79 Å². The Morgan fingerprint density at radius 3 is 2.80 bits per heavy atom. The summed E-state index contributed by atoms with van der Waals surface area (Å²) in [5.74, 6) is 0.168. The molecule has 0 amide bonds. The number of aryl methyl sites for hydroxylation is 2. The Hall–Kier alpha value is -1.97. The summed E-state index contributed by atoms with van der Waals surface area (Å²) < 4.78 is 5.05. The lowest BCUT2D eigenvalue weighted by Gasteiger charge is -2.01. The molecule has 0 aliphatic carbocycles. The van der Waals surface area contributed by atoms with Crippen LogP contribution in [0.2, 0.25) is 0 Å². The average Bonchev–Trinajstić information content (AvgIpc) is 2.74. The van der Waals surface area contributed by atoms with E-state index in [1.54, 1.807) is 32.0 Å². The van der Waals surface area contributed by atoms with Crippen molar-refractivity contribution in [3.05, 3.63) is 47.2 Å². The van der Waals surface area contributed by atoms with Gasteiger partial charge in [0, 0.05) is 0 Å². The third-order valence-electron chi connectivity index (χ3n) is 2.09. The molecule has 0 spiro atoms. The maximum Gasteiger partial charge on any atom is 0.230 e. The van der Waals surface area contributed by atoms with Gasteiger partial charge in [0.25, 0.3) is 0 Å². The van der Waals surface area contributed by atoms with Crippen molar-refractivity contribution in [1.82, 2.24) is 10.2 Å². The van der Waals surface area contributed by atoms with Crippen molar-refractivity contribution < 1.29 is 9.21 Å². The van der Waals surface area contributed by atoms with Crippen LogP contribution in [0.15, 0.2) is 28.9 Å². The highest BCUT2D eigenvalue weighted by Gasteiger charge is 2.15. The predicted octanol–water partition coefficient (Wildman–Crippen LogP) is 1.92. The summed E-state index contributed by atoms with van der Waals surface area (Å²) in [6.07, 6.45) is 1.48. The van der Waals surface area contributed by atoms with E-state index in [-0.39, 0.29) is 5.78 Å². The minimum atomic E-state index is -0.157. The minimum absolute atomic E-state index is 0.157. The zero-order chi connectivity index (χ0) is 10.8. The van der Waals surface area contributed by atoms with E-state index in [2.05, 4.69) is 10.2 Å². The van der Waals surface area contributed by atoms with Gasteiger partial charge < -0.3 is 4.42 Å². The van der Waals surface area contributed by atoms with E-state index >= 15 is 0 Å². The van der Waals surface area contributed by atoms with Crippen LogP contribution in [0.5, 0.6) is 0 Å². The number of carbonyl (C=O) groups is 1. The molecule has 0 aliphatic rings. The van der Waals surface area contributed by atoms with E-state index < -0.39 is 0 Å². The van der Waals surface area contributed by atoms with Crippen molar-refractivity contribution in [2.24, 2.45) is 0 Å². The van der Waals surface area contributed by atoms with Gasteiger partial charge in [0.1, 0.15) is 0 Å². The quantitative estimate of drug-likeness (QED) is 0.698. The van der Waals surface area contributed by atoms with Crippen LogP contribution in [0.4, 0.5) is 0 Å². The number of nitrogens with zero attached hydrogens (tertiary/aromatic N) is 2. The lowest BCUT2D eigenvalue weighted by atomic mass is 10.1. The number of furan rings is 1. The summed E-state index contributed by atoms with van der Waals surface area (Å²) in [6, 6.07) is 5.04. The minimum Gasteiger partial charge on any atom is -0.461 e. The normalized spacial score (nSPS) is 10.3. The van der Waals surface area contributed by atoms with Crippen LogP contribution in [-0.4, -0.2) is 16.0 Å². The second-order valence-corrected chi connectivity index (χ2v) is 3.29. The zero-order valence-electron chi connectivity index (χ0n) is 8.52. The molecule has 0 N–H and O–H groups in total. The topological polar surface area (TPSA) is 56.0 Å². The lowest BCUT2D eigenvalue weighted by molar-refractivity contribution is 0.101. The van der Waals surface area contributed by atoms with Crippen molar-refractivity contribution in [2.75, 3.05) is 0 Å². The number of carbonyl (C=O) groups excluding carboxylic acids is 1. The highest BCUT2D eigenvalue weighted by Crippen LogP contribution is 2.12. The number of hydrogen-bond acceptors (Lipinski definition) is 4. The van der Waals surface area contributed by atoms with Gasteiger partial charge in [0.2, 0.25) is 5.78 Å². The van der Waals surface area contributed by atoms with Crippen LogP contribution in [0, 0.1) is 13.8 Å². The third kappa shape index (κ3) is 1.79. The Labute approximate surface area is 86.9 Å². The largest absolute Gasteiger partial charge is 0.461 e. The molecule has 2 aromatic heterocycles. The first-order valence-corrected chi connectivity index (χ1v) is 4.57. The van der Waals surface area contributed by atoms with Crippen molar-refractivity contribution in [3.8, 4) is 0 Å². The number of rotatable bonds is 2. The van der Waals surface area contributed by atoms with Crippen LogP contribution in [-0.2, 0) is 0 Å². The smallest absolute Gasteiger partial charge is 0.230 e. The Kier molecular flexibility index (Phi) is 2.33. The number of ketones is 1. The molecule has 0 radical (unpaired) electrons. The highest BCUT2D eigenvalue weighted by molar-refractivity contribution is 6.07.